The van der Waals surface area contributed by atoms with Crippen LogP contribution in [0.4, 0.5) is 0 Å². The van der Waals surface area contributed by atoms with Gasteiger partial charge in [0.05, 0.1) is 6.61 Å². The topological polar surface area (TPSA) is 210 Å². The Morgan fingerprint density at radius 1 is 0.516 bits per heavy atom. The molecule has 62 heavy (non-hydrogen) atoms. The number of hydrogen-bond donors (Lipinski definition) is 6. The van der Waals surface area contributed by atoms with Crippen LogP contribution in [-0.2, 0) is 32.7 Å². The van der Waals surface area contributed by atoms with Gasteiger partial charge in [0.1, 0.15) is 43.2 Å². The smallest absolute Gasteiger partial charge is 0.462 e. The normalized spacial score (nSPS) is 21.7. The summed E-state index contributed by atoms with van der Waals surface area (Å²) in [6.45, 7) is 4.86. The lowest BCUT2D eigenvalue weighted by molar-refractivity contribution is -0.220. The Labute approximate surface area is 375 Å². The van der Waals surface area contributed by atoms with Gasteiger partial charge in [-0.15, -0.1) is 6.58 Å². The lowest BCUT2D eigenvalue weighted by Crippen LogP contribution is -2.64. The second kappa shape index (κ2) is 38.8. The van der Waals surface area contributed by atoms with Crippen molar-refractivity contribution < 1.29 is 63.1 Å². The minimum absolute atomic E-state index is 0.103. The van der Waals surface area contributed by atoms with Crippen LogP contribution < -0.4 is 0 Å². The summed E-state index contributed by atoms with van der Waals surface area (Å²) in [5, 5.41) is 50.2. The molecule has 366 valence electrons. The molecule has 6 unspecified atom stereocenters. The van der Waals surface area contributed by atoms with E-state index < -0.39 is 75.7 Å². The molecule has 0 heterocycles. The zero-order valence-electron chi connectivity index (χ0n) is 38.8. The molecule has 1 saturated carbocycles. The third kappa shape index (κ3) is 30.7. The number of hydrogen-bond acceptors (Lipinski definition) is 12. The lowest BCUT2D eigenvalue weighted by atomic mass is 9.85. The fraction of sp³-hybridized carbons (Fsp3) is 0.917. The van der Waals surface area contributed by atoms with E-state index in [1.54, 1.807) is 0 Å². The highest BCUT2D eigenvalue weighted by atomic mass is 31.2. The molecule has 0 bridgehead atoms. The number of esters is 2. The van der Waals surface area contributed by atoms with Crippen LogP contribution in [-0.4, -0.2) is 98.3 Å². The summed E-state index contributed by atoms with van der Waals surface area (Å²) < 4.78 is 33.6. The molecule has 1 aliphatic rings. The van der Waals surface area contributed by atoms with Crippen LogP contribution in [0.25, 0.3) is 0 Å². The summed E-state index contributed by atoms with van der Waals surface area (Å²) in [6.07, 6.45) is 27.2. The van der Waals surface area contributed by atoms with Gasteiger partial charge in [-0.3, -0.25) is 18.6 Å². The molecule has 0 radical (unpaired) electrons. The molecular weight excluding hydrogens is 815 g/mol. The number of rotatable bonds is 43. The maximum Gasteiger partial charge on any atom is 0.472 e. The first-order valence-corrected chi connectivity index (χ1v) is 26.4. The number of allylic oxidation sites excluding steroid dienone is 1. The van der Waals surface area contributed by atoms with Crippen molar-refractivity contribution in [3.63, 3.8) is 0 Å². The predicted molar refractivity (Wildman–Crippen MR) is 244 cm³/mol. The van der Waals surface area contributed by atoms with Gasteiger partial charge in [-0.2, -0.15) is 0 Å². The third-order valence-corrected chi connectivity index (χ3v) is 13.0. The van der Waals surface area contributed by atoms with Gasteiger partial charge in [0.25, 0.3) is 0 Å². The molecule has 8 atom stereocenters. The van der Waals surface area contributed by atoms with Crippen molar-refractivity contribution >= 4 is 19.8 Å². The van der Waals surface area contributed by atoms with E-state index in [1.165, 1.54) is 148 Å². The second-order valence-electron chi connectivity index (χ2n) is 17.8. The van der Waals surface area contributed by atoms with Crippen molar-refractivity contribution in [3.05, 3.63) is 12.7 Å². The van der Waals surface area contributed by atoms with Gasteiger partial charge < -0.3 is 39.9 Å². The summed E-state index contributed by atoms with van der Waals surface area (Å²) in [5.41, 5.74) is 0. The van der Waals surface area contributed by atoms with E-state index in [2.05, 4.69) is 13.5 Å². The van der Waals surface area contributed by atoms with E-state index in [0.717, 1.165) is 44.9 Å². The van der Waals surface area contributed by atoms with Gasteiger partial charge in [0.2, 0.25) is 0 Å². The average molecular weight is 907 g/mol. The summed E-state index contributed by atoms with van der Waals surface area (Å²) in [4.78, 5) is 35.8. The number of phosphoric ester groups is 1. The Balaban J connectivity index is 2.39. The maximum atomic E-state index is 12.8. The molecule has 0 amide bonds. The first-order valence-electron chi connectivity index (χ1n) is 25.0. The Bertz CT molecular complexity index is 1130. The molecule has 0 saturated heterocycles. The molecule has 0 spiro atoms. The van der Waals surface area contributed by atoms with Crippen molar-refractivity contribution in [1.82, 2.24) is 0 Å². The molecule has 1 fully saturated rings. The van der Waals surface area contributed by atoms with Crippen LogP contribution >= 0.6 is 7.82 Å². The minimum Gasteiger partial charge on any atom is -0.462 e. The first kappa shape index (κ1) is 58.6. The molecule has 0 aliphatic heterocycles. The van der Waals surface area contributed by atoms with Crippen LogP contribution in [0.3, 0.4) is 0 Å². The van der Waals surface area contributed by atoms with Crippen molar-refractivity contribution in [2.24, 2.45) is 0 Å². The highest BCUT2D eigenvalue weighted by Crippen LogP contribution is 2.47. The highest BCUT2D eigenvalue weighted by molar-refractivity contribution is 7.47. The van der Waals surface area contributed by atoms with E-state index in [-0.39, 0.29) is 12.8 Å². The summed E-state index contributed by atoms with van der Waals surface area (Å²) in [5.74, 6) is -1.09. The highest BCUT2D eigenvalue weighted by Gasteiger charge is 2.51. The maximum absolute atomic E-state index is 12.8. The van der Waals surface area contributed by atoms with Crippen LogP contribution in [0.5, 0.6) is 0 Å². The molecule has 0 aromatic heterocycles. The fourth-order valence-corrected chi connectivity index (χ4v) is 8.95. The summed E-state index contributed by atoms with van der Waals surface area (Å²) in [6, 6.07) is 0. The largest absolute Gasteiger partial charge is 0.472 e. The summed E-state index contributed by atoms with van der Waals surface area (Å²) >= 11 is 0. The monoisotopic (exact) mass is 907 g/mol. The number of ether oxygens (including phenoxy) is 2. The fourth-order valence-electron chi connectivity index (χ4n) is 7.98. The molecule has 0 aromatic carbocycles. The van der Waals surface area contributed by atoms with Crippen LogP contribution in [0.1, 0.15) is 225 Å². The quantitative estimate of drug-likeness (QED) is 0.0146. The van der Waals surface area contributed by atoms with Crippen molar-refractivity contribution in [3.8, 4) is 0 Å². The Hall–Kier alpha value is -1.41. The number of carbonyl (C=O) groups excluding carboxylic acids is 2. The Morgan fingerprint density at radius 2 is 0.855 bits per heavy atom. The lowest BCUT2D eigenvalue weighted by Gasteiger charge is -2.41. The van der Waals surface area contributed by atoms with Gasteiger partial charge in [-0.1, -0.05) is 193 Å². The first-order chi connectivity index (χ1) is 29.9. The van der Waals surface area contributed by atoms with Gasteiger partial charge in [-0.05, 0) is 25.7 Å². The second-order valence-corrected chi connectivity index (χ2v) is 19.2. The third-order valence-electron chi connectivity index (χ3n) is 12.0. The van der Waals surface area contributed by atoms with Gasteiger partial charge in [-0.25, -0.2) is 4.57 Å². The van der Waals surface area contributed by atoms with Crippen molar-refractivity contribution in [2.75, 3.05) is 13.2 Å². The predicted octanol–water partition coefficient (Wildman–Crippen LogP) is 10.2. The van der Waals surface area contributed by atoms with E-state index >= 15 is 0 Å². The van der Waals surface area contributed by atoms with Crippen LogP contribution in [0, 0.1) is 0 Å². The van der Waals surface area contributed by atoms with E-state index in [4.69, 9.17) is 18.5 Å². The number of carbonyl (C=O) groups is 2. The molecule has 1 rings (SSSR count). The average Bonchev–Trinajstić information content (AvgIpc) is 3.25. The summed E-state index contributed by atoms with van der Waals surface area (Å²) in [7, 11) is -5.11. The Kier molecular flexibility index (Phi) is 36.7. The Morgan fingerprint density at radius 3 is 1.24 bits per heavy atom. The number of phosphoric acid groups is 1. The SMILES string of the molecule is C=CCCCCCCCCCCCCCCCC(=O)OC[C@H](COP(=O)(O)OC1C(O)C(O)C(O)[C@H](O)C1O)OC(=O)CCCCCCCCCCCCCCCCCCCC. The van der Waals surface area contributed by atoms with Crippen LogP contribution in [0.2, 0.25) is 0 Å². The number of unbranched alkanes of at least 4 members (excludes halogenated alkanes) is 30. The zero-order chi connectivity index (χ0) is 45.7. The van der Waals surface area contributed by atoms with E-state index in [9.17, 15) is 44.6 Å². The zero-order valence-corrected chi connectivity index (χ0v) is 39.7. The van der Waals surface area contributed by atoms with Crippen molar-refractivity contribution in [2.45, 2.75) is 268 Å². The van der Waals surface area contributed by atoms with Crippen molar-refractivity contribution in [1.29, 1.82) is 0 Å². The van der Waals surface area contributed by atoms with Crippen LogP contribution in [0.15, 0.2) is 12.7 Å². The van der Waals surface area contributed by atoms with E-state index in [0.29, 0.717) is 12.8 Å². The van der Waals surface area contributed by atoms with Gasteiger partial charge in [0, 0.05) is 12.8 Å². The minimum atomic E-state index is -5.11. The standard InChI is InChI=1S/C48H91O13P/c1-3-5-7-9-11-13-15-17-19-20-21-23-25-27-29-31-33-35-37-42(50)60-40(39-59-62(56,57)61-48-46(54)44(52)43(51)45(53)47(48)55)38-58-41(49)36-34-32-30-28-26-24-22-18-16-14-12-10-8-6-4-2/h4,40,43-48,51-55H,2-3,5-39H2,1H3,(H,56,57)/t40-,43?,44+,45?,46?,47?,48?/m1/s1. The number of aliphatic hydroxyl groups is 5. The molecule has 1 aliphatic carbocycles. The number of aliphatic hydroxyl groups excluding tert-OH is 5. The molecule has 6 N–H and O–H groups in total. The molecule has 0 aromatic rings. The van der Waals surface area contributed by atoms with Gasteiger partial charge in [0.15, 0.2) is 6.10 Å². The molecular formula is C48H91O13P. The molecule has 14 heteroatoms. The van der Waals surface area contributed by atoms with E-state index in [1.807, 2.05) is 6.08 Å². The van der Waals surface area contributed by atoms with Gasteiger partial charge >= 0.3 is 19.8 Å². The molecule has 13 nitrogen and oxygen atoms in total.